The van der Waals surface area contributed by atoms with E-state index < -0.39 is 0 Å². The van der Waals surface area contributed by atoms with Gasteiger partial charge in [0.2, 0.25) is 0 Å². The van der Waals surface area contributed by atoms with Gasteiger partial charge in [-0.05, 0) is 31.5 Å². The molecule has 0 spiro atoms. The van der Waals surface area contributed by atoms with Crippen LogP contribution in [-0.2, 0) is 20.1 Å². The van der Waals surface area contributed by atoms with Crippen LogP contribution in [0.1, 0.15) is 17.0 Å². The first-order valence-electron chi connectivity index (χ1n) is 5.98. The van der Waals surface area contributed by atoms with Crippen LogP contribution in [0.4, 0.5) is 0 Å². The maximum Gasteiger partial charge on any atom is 0.0534 e. The summed E-state index contributed by atoms with van der Waals surface area (Å²) in [5.74, 6) is 0. The zero-order chi connectivity index (χ0) is 12.3. The molecule has 2 aromatic heterocycles. The Morgan fingerprint density at radius 2 is 2.18 bits per heavy atom. The number of hydrogen-bond donors (Lipinski definition) is 1. The van der Waals surface area contributed by atoms with Crippen molar-refractivity contribution in [3.8, 4) is 0 Å². The summed E-state index contributed by atoms with van der Waals surface area (Å²) < 4.78 is 4.17. The number of rotatable bonds is 5. The molecule has 0 aliphatic heterocycles. The van der Waals surface area contributed by atoms with Gasteiger partial charge in [-0.15, -0.1) is 0 Å². The maximum atomic E-state index is 4.17. The highest BCUT2D eigenvalue weighted by molar-refractivity contribution is 5.26. The monoisotopic (exact) mass is 232 g/mol. The van der Waals surface area contributed by atoms with E-state index in [0.717, 1.165) is 19.6 Å². The number of nitrogens with zero attached hydrogens (tertiary/aromatic N) is 3. The smallest absolute Gasteiger partial charge is 0.0534 e. The summed E-state index contributed by atoms with van der Waals surface area (Å²) in [6.07, 6.45) is 3.80. The van der Waals surface area contributed by atoms with E-state index in [4.69, 9.17) is 0 Å². The van der Waals surface area contributed by atoms with Gasteiger partial charge in [-0.3, -0.25) is 4.68 Å². The maximum absolute atomic E-state index is 4.17. The lowest BCUT2D eigenvalue weighted by atomic mass is 10.2. The second-order valence-corrected chi connectivity index (χ2v) is 4.40. The van der Waals surface area contributed by atoms with Crippen molar-refractivity contribution in [1.82, 2.24) is 19.7 Å². The predicted octanol–water partition coefficient (Wildman–Crippen LogP) is 1.63. The van der Waals surface area contributed by atoms with E-state index in [1.807, 2.05) is 23.1 Å². The Kier molecular flexibility index (Phi) is 3.64. The average molecular weight is 232 g/mol. The van der Waals surface area contributed by atoms with Gasteiger partial charge in [-0.1, -0.05) is 0 Å². The van der Waals surface area contributed by atoms with Crippen molar-refractivity contribution in [1.29, 1.82) is 0 Å². The van der Waals surface area contributed by atoms with Crippen molar-refractivity contribution in [2.24, 2.45) is 7.05 Å². The molecule has 0 aliphatic carbocycles. The molecule has 1 N–H and O–H groups in total. The molecule has 0 amide bonds. The zero-order valence-corrected chi connectivity index (χ0v) is 10.8. The Hall–Kier alpha value is -1.55. The summed E-state index contributed by atoms with van der Waals surface area (Å²) in [6, 6.07) is 4.20. The van der Waals surface area contributed by atoms with E-state index >= 15 is 0 Å². The topological polar surface area (TPSA) is 34.8 Å². The summed E-state index contributed by atoms with van der Waals surface area (Å²) >= 11 is 0. The highest BCUT2D eigenvalue weighted by Gasteiger charge is 2.04. The molecule has 0 bridgehead atoms. The molecule has 4 heteroatoms. The second-order valence-electron chi connectivity index (χ2n) is 4.40. The van der Waals surface area contributed by atoms with Crippen LogP contribution < -0.4 is 5.32 Å². The van der Waals surface area contributed by atoms with Crippen molar-refractivity contribution in [2.45, 2.75) is 26.9 Å². The van der Waals surface area contributed by atoms with Crippen LogP contribution in [0.25, 0.3) is 0 Å². The van der Waals surface area contributed by atoms with Crippen LogP contribution in [0.3, 0.4) is 0 Å². The van der Waals surface area contributed by atoms with E-state index in [9.17, 15) is 0 Å². The molecule has 0 aliphatic rings. The molecular weight excluding hydrogens is 212 g/mol. The van der Waals surface area contributed by atoms with Gasteiger partial charge < -0.3 is 9.88 Å². The van der Waals surface area contributed by atoms with Gasteiger partial charge in [0.1, 0.15) is 0 Å². The van der Waals surface area contributed by atoms with Gasteiger partial charge in [0.15, 0.2) is 0 Å². The minimum atomic E-state index is 0.915. The molecule has 0 radical (unpaired) electrons. The van der Waals surface area contributed by atoms with Gasteiger partial charge in [0.25, 0.3) is 0 Å². The molecule has 17 heavy (non-hydrogen) atoms. The molecule has 0 fully saturated rings. The lowest BCUT2D eigenvalue weighted by Crippen LogP contribution is -2.20. The Morgan fingerprint density at radius 3 is 2.76 bits per heavy atom. The molecule has 0 aromatic carbocycles. The Bertz CT molecular complexity index is 468. The lowest BCUT2D eigenvalue weighted by molar-refractivity contribution is 0.554. The fraction of sp³-hybridized carbons (Fsp3) is 0.462. The van der Waals surface area contributed by atoms with Crippen LogP contribution in [0.15, 0.2) is 24.5 Å². The quantitative estimate of drug-likeness (QED) is 0.795. The van der Waals surface area contributed by atoms with Crippen LogP contribution in [0.2, 0.25) is 0 Å². The summed E-state index contributed by atoms with van der Waals surface area (Å²) in [6.45, 7) is 7.08. The molecule has 0 atom stereocenters. The molecular formula is C13H20N4. The third-order valence-corrected chi connectivity index (χ3v) is 3.27. The first-order chi connectivity index (χ1) is 8.18. The molecule has 92 valence electrons. The largest absolute Gasteiger partial charge is 0.352 e. The number of aryl methyl sites for hydroxylation is 1. The molecule has 2 heterocycles. The predicted molar refractivity (Wildman–Crippen MR) is 68.8 cm³/mol. The van der Waals surface area contributed by atoms with Gasteiger partial charge in [-0.25, -0.2) is 0 Å². The molecule has 0 saturated heterocycles. The van der Waals surface area contributed by atoms with Crippen molar-refractivity contribution < 1.29 is 0 Å². The Morgan fingerprint density at radius 1 is 1.35 bits per heavy atom. The molecule has 2 rings (SSSR count). The van der Waals surface area contributed by atoms with Crippen molar-refractivity contribution in [2.75, 3.05) is 6.54 Å². The van der Waals surface area contributed by atoms with E-state index in [2.05, 4.69) is 41.9 Å². The van der Waals surface area contributed by atoms with Gasteiger partial charge >= 0.3 is 0 Å². The zero-order valence-electron chi connectivity index (χ0n) is 10.8. The Balaban J connectivity index is 1.80. The third kappa shape index (κ3) is 2.77. The minimum Gasteiger partial charge on any atom is -0.352 e. The van der Waals surface area contributed by atoms with Crippen LogP contribution in [0.5, 0.6) is 0 Å². The first kappa shape index (κ1) is 11.9. The van der Waals surface area contributed by atoms with Gasteiger partial charge in [-0.2, -0.15) is 5.10 Å². The standard InChI is InChI=1S/C13H20N4/c1-11-9-13(12(2)16(11)3)10-14-6-8-17-7-4-5-15-17/h4-5,7,9,14H,6,8,10H2,1-3H3. The number of aromatic nitrogens is 3. The summed E-state index contributed by atoms with van der Waals surface area (Å²) in [7, 11) is 2.11. The van der Waals surface area contributed by atoms with Crippen LogP contribution >= 0.6 is 0 Å². The normalized spacial score (nSPS) is 11.0. The summed E-state index contributed by atoms with van der Waals surface area (Å²) in [5, 5.41) is 7.62. The summed E-state index contributed by atoms with van der Waals surface area (Å²) in [5.41, 5.74) is 4.03. The fourth-order valence-corrected chi connectivity index (χ4v) is 1.96. The Labute approximate surface area is 102 Å². The molecule has 0 unspecified atom stereocenters. The SMILES string of the molecule is Cc1cc(CNCCn2cccn2)c(C)n1C. The fourth-order valence-electron chi connectivity index (χ4n) is 1.96. The van der Waals surface area contributed by atoms with E-state index in [-0.39, 0.29) is 0 Å². The van der Waals surface area contributed by atoms with E-state index in [1.165, 1.54) is 17.0 Å². The lowest BCUT2D eigenvalue weighted by Gasteiger charge is -2.05. The first-order valence-corrected chi connectivity index (χ1v) is 5.98. The molecule has 2 aromatic rings. The second kappa shape index (κ2) is 5.19. The minimum absolute atomic E-state index is 0.915. The number of nitrogens with one attached hydrogen (secondary N) is 1. The van der Waals surface area contributed by atoms with Crippen molar-refractivity contribution >= 4 is 0 Å². The molecule has 0 saturated carbocycles. The van der Waals surface area contributed by atoms with Crippen LogP contribution in [-0.4, -0.2) is 20.9 Å². The highest BCUT2D eigenvalue weighted by Crippen LogP contribution is 2.12. The van der Waals surface area contributed by atoms with Gasteiger partial charge in [0, 0.05) is 43.9 Å². The number of hydrogen-bond acceptors (Lipinski definition) is 2. The van der Waals surface area contributed by atoms with E-state index in [0.29, 0.717) is 0 Å². The van der Waals surface area contributed by atoms with E-state index in [1.54, 1.807) is 0 Å². The molecule has 4 nitrogen and oxygen atoms in total. The summed E-state index contributed by atoms with van der Waals surface area (Å²) in [4.78, 5) is 0. The highest BCUT2D eigenvalue weighted by atomic mass is 15.3. The average Bonchev–Trinajstić information content (AvgIpc) is 2.90. The van der Waals surface area contributed by atoms with Crippen molar-refractivity contribution in [3.05, 3.63) is 41.5 Å². The van der Waals surface area contributed by atoms with Crippen LogP contribution in [0, 0.1) is 13.8 Å². The van der Waals surface area contributed by atoms with Gasteiger partial charge in [0.05, 0.1) is 6.54 Å². The van der Waals surface area contributed by atoms with Crippen molar-refractivity contribution in [3.63, 3.8) is 0 Å². The third-order valence-electron chi connectivity index (χ3n) is 3.27.